The molecule has 6 heteroatoms. The summed E-state index contributed by atoms with van der Waals surface area (Å²) in [5, 5.41) is 10.6. The summed E-state index contributed by atoms with van der Waals surface area (Å²) < 4.78 is 1.23. The van der Waals surface area contributed by atoms with Crippen molar-refractivity contribution in [2.75, 3.05) is 5.73 Å². The molecule has 0 atom stereocenters. The van der Waals surface area contributed by atoms with Gasteiger partial charge in [0.1, 0.15) is 5.69 Å². The molecule has 2 heterocycles. The maximum Gasteiger partial charge on any atom is 0.290 e. The molecule has 0 radical (unpaired) electrons. The van der Waals surface area contributed by atoms with E-state index in [-0.39, 0.29) is 11.2 Å². The SMILES string of the molecule is Cc1nn(C)c(=O)c(N)c1-c1ccn[nH]1. The van der Waals surface area contributed by atoms with Crippen molar-refractivity contribution < 1.29 is 0 Å². The summed E-state index contributed by atoms with van der Waals surface area (Å²) in [7, 11) is 1.57. The molecule has 0 fully saturated rings. The first kappa shape index (κ1) is 9.45. The van der Waals surface area contributed by atoms with Gasteiger partial charge in [0.2, 0.25) is 0 Å². The summed E-state index contributed by atoms with van der Waals surface area (Å²) in [5.74, 6) is 0. The first-order valence-electron chi connectivity index (χ1n) is 4.44. The summed E-state index contributed by atoms with van der Waals surface area (Å²) in [5.41, 5.74) is 7.66. The van der Waals surface area contributed by atoms with Crippen molar-refractivity contribution in [3.8, 4) is 11.3 Å². The summed E-state index contributed by atoms with van der Waals surface area (Å²) in [4.78, 5) is 11.6. The van der Waals surface area contributed by atoms with E-state index in [2.05, 4.69) is 15.3 Å². The summed E-state index contributed by atoms with van der Waals surface area (Å²) in [6.07, 6.45) is 1.60. The Kier molecular flexibility index (Phi) is 2.03. The molecule has 15 heavy (non-hydrogen) atoms. The third-order valence-corrected chi connectivity index (χ3v) is 2.23. The van der Waals surface area contributed by atoms with Crippen LogP contribution in [0.3, 0.4) is 0 Å². The topological polar surface area (TPSA) is 89.6 Å². The number of nitrogens with one attached hydrogen (secondary N) is 1. The molecule has 6 nitrogen and oxygen atoms in total. The Morgan fingerprint density at radius 2 is 2.27 bits per heavy atom. The van der Waals surface area contributed by atoms with Gasteiger partial charge >= 0.3 is 0 Å². The minimum Gasteiger partial charge on any atom is -0.394 e. The van der Waals surface area contributed by atoms with E-state index in [1.807, 2.05) is 0 Å². The number of H-pyrrole nitrogens is 1. The fourth-order valence-electron chi connectivity index (χ4n) is 1.53. The number of hydrogen-bond donors (Lipinski definition) is 2. The maximum absolute atomic E-state index is 11.6. The molecule has 0 amide bonds. The number of hydrogen-bond acceptors (Lipinski definition) is 4. The maximum atomic E-state index is 11.6. The van der Waals surface area contributed by atoms with Crippen LogP contribution in [0, 0.1) is 6.92 Å². The van der Waals surface area contributed by atoms with Gasteiger partial charge in [-0.2, -0.15) is 10.2 Å². The van der Waals surface area contributed by atoms with Gasteiger partial charge < -0.3 is 5.73 Å². The molecule has 0 saturated carbocycles. The lowest BCUT2D eigenvalue weighted by atomic mass is 10.1. The van der Waals surface area contributed by atoms with E-state index in [0.29, 0.717) is 17.0 Å². The number of nitrogen functional groups attached to an aromatic ring is 1. The van der Waals surface area contributed by atoms with Crippen molar-refractivity contribution in [2.45, 2.75) is 6.92 Å². The van der Waals surface area contributed by atoms with Crippen LogP contribution < -0.4 is 11.3 Å². The van der Waals surface area contributed by atoms with E-state index in [1.165, 1.54) is 4.68 Å². The largest absolute Gasteiger partial charge is 0.394 e. The average Bonchev–Trinajstić information content (AvgIpc) is 2.68. The molecule has 0 aliphatic rings. The molecule has 0 aromatic carbocycles. The van der Waals surface area contributed by atoms with Crippen molar-refractivity contribution in [1.29, 1.82) is 0 Å². The van der Waals surface area contributed by atoms with Crippen molar-refractivity contribution in [1.82, 2.24) is 20.0 Å². The van der Waals surface area contributed by atoms with E-state index < -0.39 is 0 Å². The number of aromatic nitrogens is 4. The molecule has 0 aliphatic carbocycles. The zero-order valence-electron chi connectivity index (χ0n) is 8.48. The number of rotatable bonds is 1. The van der Waals surface area contributed by atoms with Crippen LogP contribution >= 0.6 is 0 Å². The Bertz CT molecular complexity index is 540. The first-order valence-corrected chi connectivity index (χ1v) is 4.44. The molecular formula is C9H11N5O. The fourth-order valence-corrected chi connectivity index (χ4v) is 1.53. The lowest BCUT2D eigenvalue weighted by molar-refractivity contribution is 0.697. The highest BCUT2D eigenvalue weighted by Gasteiger charge is 2.13. The Morgan fingerprint density at radius 1 is 1.53 bits per heavy atom. The van der Waals surface area contributed by atoms with Crippen LogP contribution in [0.5, 0.6) is 0 Å². The molecule has 0 bridgehead atoms. The molecule has 0 saturated heterocycles. The van der Waals surface area contributed by atoms with E-state index in [1.54, 1.807) is 26.2 Å². The van der Waals surface area contributed by atoms with Gasteiger partial charge in [-0.05, 0) is 13.0 Å². The number of anilines is 1. The summed E-state index contributed by atoms with van der Waals surface area (Å²) in [6.45, 7) is 1.80. The first-order chi connectivity index (χ1) is 7.11. The molecular weight excluding hydrogens is 194 g/mol. The minimum atomic E-state index is -0.301. The molecule has 2 rings (SSSR count). The van der Waals surface area contributed by atoms with Gasteiger partial charge in [-0.25, -0.2) is 4.68 Å². The van der Waals surface area contributed by atoms with Gasteiger partial charge in [0.25, 0.3) is 5.56 Å². The van der Waals surface area contributed by atoms with E-state index >= 15 is 0 Å². The summed E-state index contributed by atoms with van der Waals surface area (Å²) >= 11 is 0. The number of aromatic amines is 1. The molecule has 0 unspecified atom stereocenters. The Labute approximate surface area is 85.7 Å². The monoisotopic (exact) mass is 205 g/mol. The van der Waals surface area contributed by atoms with Crippen LogP contribution in [-0.2, 0) is 7.05 Å². The van der Waals surface area contributed by atoms with Crippen LogP contribution in [0.2, 0.25) is 0 Å². The smallest absolute Gasteiger partial charge is 0.290 e. The Hall–Kier alpha value is -2.11. The normalized spacial score (nSPS) is 10.5. The second-order valence-electron chi connectivity index (χ2n) is 3.27. The molecule has 0 spiro atoms. The Morgan fingerprint density at radius 3 is 2.87 bits per heavy atom. The lowest BCUT2D eigenvalue weighted by Crippen LogP contribution is -2.24. The summed E-state index contributed by atoms with van der Waals surface area (Å²) in [6, 6.07) is 1.75. The minimum absolute atomic E-state index is 0.189. The Balaban J connectivity index is 2.78. The molecule has 0 aliphatic heterocycles. The van der Waals surface area contributed by atoms with Crippen LogP contribution in [0.4, 0.5) is 5.69 Å². The predicted molar refractivity (Wildman–Crippen MR) is 56.2 cm³/mol. The van der Waals surface area contributed by atoms with E-state index in [4.69, 9.17) is 5.73 Å². The van der Waals surface area contributed by atoms with Crippen molar-refractivity contribution in [3.05, 3.63) is 28.3 Å². The van der Waals surface area contributed by atoms with Gasteiger partial charge in [0.05, 0.1) is 17.0 Å². The third-order valence-electron chi connectivity index (χ3n) is 2.23. The standard InChI is InChI=1S/C9H11N5O/c1-5-7(6-3-4-11-12-6)8(10)9(15)14(2)13-5/h3-4H,10H2,1-2H3,(H,11,12). The molecule has 78 valence electrons. The number of nitrogens with zero attached hydrogens (tertiary/aromatic N) is 3. The van der Waals surface area contributed by atoms with Crippen molar-refractivity contribution in [2.24, 2.45) is 7.05 Å². The zero-order valence-corrected chi connectivity index (χ0v) is 8.48. The van der Waals surface area contributed by atoms with Crippen LogP contribution in [-0.4, -0.2) is 20.0 Å². The third kappa shape index (κ3) is 1.39. The lowest BCUT2D eigenvalue weighted by Gasteiger charge is -2.07. The van der Waals surface area contributed by atoms with Crippen LogP contribution in [0.1, 0.15) is 5.69 Å². The van der Waals surface area contributed by atoms with Gasteiger partial charge in [0, 0.05) is 13.2 Å². The second kappa shape index (κ2) is 3.23. The van der Waals surface area contributed by atoms with Gasteiger partial charge in [-0.3, -0.25) is 9.89 Å². The zero-order chi connectivity index (χ0) is 11.0. The predicted octanol–water partition coefficient (Wildman–Crippen LogP) is 0.0610. The van der Waals surface area contributed by atoms with E-state index in [0.717, 1.165) is 0 Å². The van der Waals surface area contributed by atoms with Gasteiger partial charge in [-0.15, -0.1) is 0 Å². The van der Waals surface area contributed by atoms with Gasteiger partial charge in [-0.1, -0.05) is 0 Å². The molecule has 2 aromatic heterocycles. The highest BCUT2D eigenvalue weighted by Crippen LogP contribution is 2.22. The number of aryl methyl sites for hydroxylation is 2. The average molecular weight is 205 g/mol. The molecule has 3 N–H and O–H groups in total. The highest BCUT2D eigenvalue weighted by molar-refractivity contribution is 5.74. The van der Waals surface area contributed by atoms with Crippen LogP contribution in [0.25, 0.3) is 11.3 Å². The van der Waals surface area contributed by atoms with Crippen molar-refractivity contribution >= 4 is 5.69 Å². The number of nitrogens with two attached hydrogens (primary N) is 1. The van der Waals surface area contributed by atoms with Crippen LogP contribution in [0.15, 0.2) is 17.1 Å². The fraction of sp³-hybridized carbons (Fsp3) is 0.222. The second-order valence-corrected chi connectivity index (χ2v) is 3.27. The van der Waals surface area contributed by atoms with E-state index in [9.17, 15) is 4.79 Å². The van der Waals surface area contributed by atoms with Crippen molar-refractivity contribution in [3.63, 3.8) is 0 Å². The molecule has 2 aromatic rings. The highest BCUT2D eigenvalue weighted by atomic mass is 16.1. The van der Waals surface area contributed by atoms with Gasteiger partial charge in [0.15, 0.2) is 0 Å². The quantitative estimate of drug-likeness (QED) is 0.689.